The average molecular weight is 292 g/mol. The lowest BCUT2D eigenvalue weighted by Crippen LogP contribution is -2.06. The van der Waals surface area contributed by atoms with Crippen molar-refractivity contribution in [2.45, 2.75) is 6.42 Å². The topological polar surface area (TPSA) is 35.5 Å². The molecule has 5 heteroatoms. The van der Waals surface area contributed by atoms with Gasteiger partial charge in [-0.1, -0.05) is 6.07 Å². The van der Waals surface area contributed by atoms with Gasteiger partial charge in [-0.25, -0.2) is 8.78 Å². The fraction of sp³-hybridized carbons (Fsp3) is 0.188. The molecule has 0 N–H and O–H groups in total. The minimum absolute atomic E-state index is 0.0548. The van der Waals surface area contributed by atoms with E-state index >= 15 is 0 Å². The zero-order valence-electron chi connectivity index (χ0n) is 11.7. The van der Waals surface area contributed by atoms with Crippen LogP contribution in [-0.4, -0.2) is 20.0 Å². The first-order valence-corrected chi connectivity index (χ1v) is 6.24. The second kappa shape index (κ2) is 6.35. The molecule has 0 unspecified atom stereocenters. The van der Waals surface area contributed by atoms with E-state index in [0.717, 1.165) is 12.1 Å². The number of rotatable bonds is 5. The van der Waals surface area contributed by atoms with Crippen molar-refractivity contribution in [2.24, 2.45) is 0 Å². The van der Waals surface area contributed by atoms with Crippen LogP contribution < -0.4 is 9.47 Å². The van der Waals surface area contributed by atoms with Gasteiger partial charge in [-0.3, -0.25) is 4.79 Å². The van der Waals surface area contributed by atoms with Gasteiger partial charge in [0.1, 0.15) is 11.5 Å². The molecular weight excluding hydrogens is 278 g/mol. The fourth-order valence-electron chi connectivity index (χ4n) is 1.96. The number of Topliss-reactive ketones (excluding diaryl/α,β-unsaturated/α-hetero) is 1. The van der Waals surface area contributed by atoms with Crippen molar-refractivity contribution in [1.29, 1.82) is 0 Å². The lowest BCUT2D eigenvalue weighted by atomic mass is 10.0. The van der Waals surface area contributed by atoms with Crippen LogP contribution in [0.15, 0.2) is 36.4 Å². The molecule has 0 spiro atoms. The van der Waals surface area contributed by atoms with Gasteiger partial charge in [-0.05, 0) is 35.9 Å². The molecule has 0 aliphatic rings. The Morgan fingerprint density at radius 1 is 1.00 bits per heavy atom. The molecule has 0 amide bonds. The van der Waals surface area contributed by atoms with Crippen molar-refractivity contribution in [3.05, 3.63) is 59.2 Å². The summed E-state index contributed by atoms with van der Waals surface area (Å²) in [6.07, 6.45) is -0.0548. The lowest BCUT2D eigenvalue weighted by Gasteiger charge is -2.10. The van der Waals surface area contributed by atoms with Crippen molar-refractivity contribution in [3.8, 4) is 11.5 Å². The number of ether oxygens (including phenoxy) is 2. The van der Waals surface area contributed by atoms with Crippen LogP contribution in [0.5, 0.6) is 11.5 Å². The van der Waals surface area contributed by atoms with Crippen molar-refractivity contribution in [3.63, 3.8) is 0 Å². The van der Waals surface area contributed by atoms with Gasteiger partial charge in [-0.2, -0.15) is 0 Å². The smallest absolute Gasteiger partial charge is 0.171 e. The molecule has 2 aromatic carbocycles. The molecule has 110 valence electrons. The molecular formula is C16H14F2O3. The quantitative estimate of drug-likeness (QED) is 0.792. The van der Waals surface area contributed by atoms with E-state index in [9.17, 15) is 13.6 Å². The number of hydrogen-bond donors (Lipinski definition) is 0. The van der Waals surface area contributed by atoms with Crippen LogP contribution in [0.3, 0.4) is 0 Å². The molecule has 2 rings (SSSR count). The van der Waals surface area contributed by atoms with E-state index < -0.39 is 11.6 Å². The highest BCUT2D eigenvalue weighted by molar-refractivity contribution is 6.00. The zero-order chi connectivity index (χ0) is 15.4. The van der Waals surface area contributed by atoms with E-state index in [2.05, 4.69) is 0 Å². The number of carbonyl (C=O) groups is 1. The molecule has 0 fully saturated rings. The van der Waals surface area contributed by atoms with Crippen LogP contribution in [0, 0.1) is 11.6 Å². The summed E-state index contributed by atoms with van der Waals surface area (Å²) >= 11 is 0. The number of methoxy groups -OCH3 is 2. The second-order valence-electron chi connectivity index (χ2n) is 4.41. The number of benzene rings is 2. The largest absolute Gasteiger partial charge is 0.497 e. The molecule has 0 aliphatic carbocycles. The summed E-state index contributed by atoms with van der Waals surface area (Å²) in [7, 11) is 2.95. The number of ketones is 1. The lowest BCUT2D eigenvalue weighted by molar-refractivity contribution is 0.0989. The second-order valence-corrected chi connectivity index (χ2v) is 4.41. The molecule has 0 atom stereocenters. The number of halogens is 2. The normalized spacial score (nSPS) is 10.3. The Balaban J connectivity index is 2.28. The van der Waals surface area contributed by atoms with Gasteiger partial charge in [0.15, 0.2) is 17.4 Å². The standard InChI is InChI=1S/C16H14F2O3/c1-20-11-4-6-16(21-2)12(9-11)15(19)8-10-3-5-13(17)14(18)7-10/h3-7,9H,8H2,1-2H3. The van der Waals surface area contributed by atoms with Crippen LogP contribution in [0.4, 0.5) is 8.78 Å². The first kappa shape index (κ1) is 15.0. The Bertz CT molecular complexity index is 669. The molecule has 0 radical (unpaired) electrons. The third-order valence-corrected chi connectivity index (χ3v) is 3.06. The zero-order valence-corrected chi connectivity index (χ0v) is 11.7. The maximum absolute atomic E-state index is 13.2. The highest BCUT2D eigenvalue weighted by atomic mass is 19.2. The van der Waals surface area contributed by atoms with Crippen molar-refractivity contribution in [2.75, 3.05) is 14.2 Å². The van der Waals surface area contributed by atoms with Crippen molar-refractivity contribution < 1.29 is 23.0 Å². The van der Waals surface area contributed by atoms with Gasteiger partial charge in [0.05, 0.1) is 19.8 Å². The van der Waals surface area contributed by atoms with Gasteiger partial charge >= 0.3 is 0 Å². The SMILES string of the molecule is COc1ccc(OC)c(C(=O)Cc2ccc(F)c(F)c2)c1. The highest BCUT2D eigenvalue weighted by Gasteiger charge is 2.15. The van der Waals surface area contributed by atoms with Gasteiger partial charge in [0, 0.05) is 6.42 Å². The Labute approximate surface area is 121 Å². The molecule has 0 bridgehead atoms. The van der Waals surface area contributed by atoms with Crippen LogP contribution in [0.1, 0.15) is 15.9 Å². The summed E-state index contributed by atoms with van der Waals surface area (Å²) in [4.78, 5) is 12.3. The minimum Gasteiger partial charge on any atom is -0.497 e. The van der Waals surface area contributed by atoms with Crippen molar-refractivity contribution >= 4 is 5.78 Å². The van der Waals surface area contributed by atoms with Crippen LogP contribution >= 0.6 is 0 Å². The summed E-state index contributed by atoms with van der Waals surface area (Å²) in [5.41, 5.74) is 0.727. The first-order valence-electron chi connectivity index (χ1n) is 6.24. The molecule has 0 saturated heterocycles. The molecule has 0 aliphatic heterocycles. The summed E-state index contributed by atoms with van der Waals surface area (Å²) in [6.45, 7) is 0. The summed E-state index contributed by atoms with van der Waals surface area (Å²) in [5.74, 6) is -1.26. The van der Waals surface area contributed by atoms with Crippen molar-refractivity contribution in [1.82, 2.24) is 0 Å². The Morgan fingerprint density at radius 3 is 2.38 bits per heavy atom. The first-order chi connectivity index (χ1) is 10.0. The molecule has 0 saturated carbocycles. The monoisotopic (exact) mass is 292 g/mol. The predicted octanol–water partition coefficient (Wildman–Crippen LogP) is 3.41. The third kappa shape index (κ3) is 3.37. The summed E-state index contributed by atoms with van der Waals surface area (Å²) < 4.78 is 36.3. The van der Waals surface area contributed by atoms with E-state index in [0.29, 0.717) is 22.6 Å². The third-order valence-electron chi connectivity index (χ3n) is 3.06. The van der Waals surface area contributed by atoms with Gasteiger partial charge in [-0.15, -0.1) is 0 Å². The highest BCUT2D eigenvalue weighted by Crippen LogP contribution is 2.25. The Kier molecular flexibility index (Phi) is 4.52. The average Bonchev–Trinajstić information content (AvgIpc) is 2.50. The van der Waals surface area contributed by atoms with Gasteiger partial charge in [0.25, 0.3) is 0 Å². The molecule has 3 nitrogen and oxygen atoms in total. The molecule has 2 aromatic rings. The van der Waals surface area contributed by atoms with E-state index in [4.69, 9.17) is 9.47 Å². The van der Waals surface area contributed by atoms with Gasteiger partial charge in [0.2, 0.25) is 0 Å². The minimum atomic E-state index is -0.974. The van der Waals surface area contributed by atoms with Gasteiger partial charge < -0.3 is 9.47 Å². The maximum atomic E-state index is 13.2. The number of carbonyl (C=O) groups excluding carboxylic acids is 1. The Hall–Kier alpha value is -2.43. The maximum Gasteiger partial charge on any atom is 0.171 e. The fourth-order valence-corrected chi connectivity index (χ4v) is 1.96. The van der Waals surface area contributed by atoms with Crippen LogP contribution in [0.2, 0.25) is 0 Å². The molecule has 0 aromatic heterocycles. The Morgan fingerprint density at radius 2 is 1.76 bits per heavy atom. The van der Waals surface area contributed by atoms with Crippen LogP contribution in [-0.2, 0) is 6.42 Å². The molecule has 0 heterocycles. The molecule has 21 heavy (non-hydrogen) atoms. The summed E-state index contributed by atoms with van der Waals surface area (Å²) in [5, 5.41) is 0. The van der Waals surface area contributed by atoms with E-state index in [-0.39, 0.29) is 12.2 Å². The predicted molar refractivity (Wildman–Crippen MR) is 73.9 cm³/mol. The van der Waals surface area contributed by atoms with E-state index in [1.54, 1.807) is 18.2 Å². The van der Waals surface area contributed by atoms with E-state index in [1.807, 2.05) is 0 Å². The van der Waals surface area contributed by atoms with Crippen LogP contribution in [0.25, 0.3) is 0 Å². The summed E-state index contributed by atoms with van der Waals surface area (Å²) in [6, 6.07) is 8.25. The van der Waals surface area contributed by atoms with E-state index in [1.165, 1.54) is 20.3 Å². The number of hydrogen-bond acceptors (Lipinski definition) is 3.